The highest BCUT2D eigenvalue weighted by atomic mass is 16.5. The number of para-hydroxylation sites is 1. The highest BCUT2D eigenvalue weighted by molar-refractivity contribution is 6.24. The molecule has 1 aromatic heterocycles. The van der Waals surface area contributed by atoms with Gasteiger partial charge in [-0.05, 0) is 55.7 Å². The molecule has 8 rings (SSSR count). The van der Waals surface area contributed by atoms with Gasteiger partial charge < -0.3 is 40.1 Å². The summed E-state index contributed by atoms with van der Waals surface area (Å²) in [6.07, 6.45) is 2.90. The third kappa shape index (κ3) is 9.24. The first-order valence-corrected chi connectivity index (χ1v) is 21.3. The first kappa shape index (κ1) is 44.0. The van der Waals surface area contributed by atoms with Gasteiger partial charge >= 0.3 is 0 Å². The molecule has 0 saturated carbocycles. The van der Waals surface area contributed by atoms with Crippen LogP contribution in [0.4, 0.5) is 34.5 Å². The number of amides is 7. The van der Waals surface area contributed by atoms with E-state index in [4.69, 9.17) is 14.5 Å². The minimum atomic E-state index is -1.11. The molecule has 4 aromatic rings. The summed E-state index contributed by atoms with van der Waals surface area (Å²) in [5.74, 6) is -1.64. The van der Waals surface area contributed by atoms with Crippen LogP contribution in [0.5, 0.6) is 11.5 Å². The summed E-state index contributed by atoms with van der Waals surface area (Å²) in [4.78, 5) is 107. The number of anilines is 6. The van der Waals surface area contributed by atoms with Gasteiger partial charge in [0.05, 0.1) is 47.9 Å². The monoisotopic (exact) mass is 887 g/mol. The largest absolute Gasteiger partial charge is 0.494 e. The molecule has 0 aliphatic carbocycles. The number of nitrogens with one attached hydrogen (secondary N) is 4. The number of imide groups is 2. The van der Waals surface area contributed by atoms with Crippen molar-refractivity contribution in [2.45, 2.75) is 31.7 Å². The highest BCUT2D eigenvalue weighted by Crippen LogP contribution is 2.39. The Balaban J connectivity index is 0.737. The molecule has 0 spiro atoms. The van der Waals surface area contributed by atoms with E-state index < -0.39 is 42.2 Å². The van der Waals surface area contributed by atoms with Crippen LogP contribution < -0.4 is 45.4 Å². The van der Waals surface area contributed by atoms with Gasteiger partial charge in [-0.1, -0.05) is 18.2 Å². The van der Waals surface area contributed by atoms with Crippen LogP contribution in [0.2, 0.25) is 0 Å². The number of aromatic nitrogens is 2. The number of ether oxygens (including phenoxy) is 2. The van der Waals surface area contributed by atoms with Crippen LogP contribution >= 0.6 is 0 Å². The molecular formula is C45H49N11O9. The smallest absolute Gasteiger partial charge is 0.266 e. The maximum absolute atomic E-state index is 13.3. The molecule has 4 N–H and O–H groups in total. The first-order valence-electron chi connectivity index (χ1n) is 21.3. The van der Waals surface area contributed by atoms with Gasteiger partial charge in [0.2, 0.25) is 23.7 Å². The van der Waals surface area contributed by atoms with Crippen molar-refractivity contribution < 1.29 is 43.0 Å². The maximum atomic E-state index is 13.3. The fraction of sp³-hybridized carbons (Fsp3) is 0.356. The lowest BCUT2D eigenvalue weighted by molar-refractivity contribution is -0.136. The number of piperidine rings is 1. The van der Waals surface area contributed by atoms with E-state index in [2.05, 4.69) is 36.1 Å². The predicted molar refractivity (Wildman–Crippen MR) is 238 cm³/mol. The lowest BCUT2D eigenvalue weighted by Gasteiger charge is -2.36. The van der Waals surface area contributed by atoms with E-state index in [-0.39, 0.29) is 48.1 Å². The summed E-state index contributed by atoms with van der Waals surface area (Å²) in [5, 5.41) is 11.2. The van der Waals surface area contributed by atoms with Crippen molar-refractivity contribution >= 4 is 75.9 Å². The standard InChI is InChI=1S/C45H49N11O9/c1-52-31-11-5-4-9-28(31)42(61)53(2)33-24-48-45(51-40(33)52)49-30-14-13-27(23-35(30)64-3)55-21-19-54(20-22-55)25-37(58)46-17-6-7-18-47-38(59)26-65-34-12-8-10-29-39(34)44(63)56(43(29)62)32-15-16-36(57)50-41(32)60/h4-5,8-14,23-24,32H,6-7,15-22,25-26H2,1-3H3,(H,46,58)(H,47,59)(H,48,49,51)(H,50,57,60). The third-order valence-electron chi connectivity index (χ3n) is 11.8. The Morgan fingerprint density at radius 1 is 0.800 bits per heavy atom. The van der Waals surface area contributed by atoms with Gasteiger partial charge in [-0.15, -0.1) is 0 Å². The van der Waals surface area contributed by atoms with E-state index in [0.717, 1.165) is 16.3 Å². The zero-order valence-electron chi connectivity index (χ0n) is 36.2. The predicted octanol–water partition coefficient (Wildman–Crippen LogP) is 2.20. The molecule has 65 heavy (non-hydrogen) atoms. The van der Waals surface area contributed by atoms with Crippen molar-refractivity contribution in [2.75, 3.05) is 93.6 Å². The minimum Gasteiger partial charge on any atom is -0.494 e. The molecule has 0 bridgehead atoms. The molecule has 1 atom stereocenters. The van der Waals surface area contributed by atoms with E-state index in [9.17, 15) is 33.6 Å². The molecule has 4 aliphatic rings. The van der Waals surface area contributed by atoms with E-state index in [0.29, 0.717) is 86.6 Å². The quantitative estimate of drug-likeness (QED) is 0.0992. The first-order chi connectivity index (χ1) is 31.4. The number of nitrogens with zero attached hydrogens (tertiary/aromatic N) is 7. The number of piperazine rings is 1. The molecule has 2 fully saturated rings. The van der Waals surface area contributed by atoms with E-state index in [1.165, 1.54) is 18.2 Å². The average Bonchev–Trinajstić information content (AvgIpc) is 3.53. The number of benzene rings is 3. The van der Waals surface area contributed by atoms with Crippen LogP contribution in [-0.4, -0.2) is 141 Å². The molecule has 20 heteroatoms. The summed E-state index contributed by atoms with van der Waals surface area (Å²) < 4.78 is 11.4. The average molecular weight is 888 g/mol. The Bertz CT molecular complexity index is 2560. The van der Waals surface area contributed by atoms with Crippen LogP contribution in [-0.2, 0) is 19.2 Å². The summed E-state index contributed by atoms with van der Waals surface area (Å²) in [5.41, 5.74) is 3.59. The van der Waals surface area contributed by atoms with Crippen molar-refractivity contribution in [3.05, 3.63) is 83.6 Å². The second kappa shape index (κ2) is 19.0. The van der Waals surface area contributed by atoms with Crippen molar-refractivity contribution in [3.8, 4) is 11.5 Å². The minimum absolute atomic E-state index is 0.00308. The van der Waals surface area contributed by atoms with Crippen molar-refractivity contribution in [1.82, 2.24) is 35.7 Å². The number of hydrogen-bond acceptors (Lipinski definition) is 15. The molecule has 2 saturated heterocycles. The molecule has 20 nitrogen and oxygen atoms in total. The lowest BCUT2D eigenvalue weighted by atomic mass is 10.0. The Morgan fingerprint density at radius 2 is 1.54 bits per heavy atom. The summed E-state index contributed by atoms with van der Waals surface area (Å²) >= 11 is 0. The van der Waals surface area contributed by atoms with Gasteiger partial charge in [0, 0.05) is 71.5 Å². The zero-order valence-corrected chi connectivity index (χ0v) is 36.2. The fourth-order valence-electron chi connectivity index (χ4n) is 8.29. The van der Waals surface area contributed by atoms with E-state index >= 15 is 0 Å². The van der Waals surface area contributed by atoms with Gasteiger partial charge in [0.1, 0.15) is 23.2 Å². The van der Waals surface area contributed by atoms with Crippen molar-refractivity contribution in [3.63, 3.8) is 0 Å². The molecule has 4 aliphatic heterocycles. The van der Waals surface area contributed by atoms with E-state index in [1.807, 2.05) is 48.3 Å². The maximum Gasteiger partial charge on any atom is 0.266 e. The lowest BCUT2D eigenvalue weighted by Crippen LogP contribution is -2.54. The van der Waals surface area contributed by atoms with Gasteiger partial charge in [-0.2, -0.15) is 4.98 Å². The number of fused-ring (bicyclic) bond motifs is 3. The zero-order chi connectivity index (χ0) is 45.8. The van der Waals surface area contributed by atoms with E-state index in [1.54, 1.807) is 31.3 Å². The molecule has 1 unspecified atom stereocenters. The third-order valence-corrected chi connectivity index (χ3v) is 11.8. The number of unbranched alkanes of at least 4 members (excludes halogenated alkanes) is 1. The topological polar surface area (TPSA) is 228 Å². The van der Waals surface area contributed by atoms with Gasteiger partial charge in [-0.25, -0.2) is 4.98 Å². The molecule has 5 heterocycles. The molecule has 3 aromatic carbocycles. The molecule has 338 valence electrons. The number of methoxy groups -OCH3 is 1. The summed E-state index contributed by atoms with van der Waals surface area (Å²) in [6, 6.07) is 16.6. The van der Waals surface area contributed by atoms with Crippen molar-refractivity contribution in [2.24, 2.45) is 0 Å². The molecule has 7 amide bonds. The second-order valence-electron chi connectivity index (χ2n) is 15.9. The van der Waals surface area contributed by atoms with Gasteiger partial charge in [-0.3, -0.25) is 48.7 Å². The van der Waals surface area contributed by atoms with Crippen LogP contribution in [0.1, 0.15) is 56.8 Å². The number of carbonyl (C=O) groups excluding carboxylic acids is 7. The van der Waals surface area contributed by atoms with Gasteiger partial charge in [0.15, 0.2) is 12.4 Å². The Hall–Kier alpha value is -7.61. The van der Waals surface area contributed by atoms with Crippen LogP contribution in [0.25, 0.3) is 0 Å². The number of hydrogen-bond donors (Lipinski definition) is 4. The summed E-state index contributed by atoms with van der Waals surface area (Å²) in [6.45, 7) is 3.45. The Kier molecular flexibility index (Phi) is 12.9. The van der Waals surface area contributed by atoms with Crippen LogP contribution in [0.3, 0.4) is 0 Å². The Labute approximate surface area is 374 Å². The summed E-state index contributed by atoms with van der Waals surface area (Å²) in [7, 11) is 5.18. The van der Waals surface area contributed by atoms with Crippen LogP contribution in [0, 0.1) is 0 Å². The molecular weight excluding hydrogens is 839 g/mol. The van der Waals surface area contributed by atoms with Gasteiger partial charge in [0.25, 0.3) is 23.6 Å². The highest BCUT2D eigenvalue weighted by Gasteiger charge is 2.46. The number of carbonyl (C=O) groups is 7. The second-order valence-corrected chi connectivity index (χ2v) is 15.9. The normalized spacial score (nSPS) is 17.2. The van der Waals surface area contributed by atoms with Crippen LogP contribution in [0.15, 0.2) is 66.9 Å². The SMILES string of the molecule is COc1cc(N2CCN(CC(=O)NCCCCNC(=O)COc3cccc4c3C(=O)N(C3CCC(=O)NC3=O)C4=O)CC2)ccc1Nc1ncc2c(n1)N(C)c1ccccc1C(=O)N2C. The Morgan fingerprint density at radius 3 is 2.29 bits per heavy atom. The molecule has 0 radical (unpaired) electrons. The number of rotatable bonds is 15. The fourth-order valence-corrected chi connectivity index (χ4v) is 8.29. The van der Waals surface area contributed by atoms with Crippen molar-refractivity contribution in [1.29, 1.82) is 0 Å².